The van der Waals surface area contributed by atoms with E-state index in [1.165, 1.54) is 5.56 Å². The first-order chi connectivity index (χ1) is 10.8. The van der Waals surface area contributed by atoms with Crippen LogP contribution in [0.2, 0.25) is 0 Å². The van der Waals surface area contributed by atoms with Gasteiger partial charge in [-0.2, -0.15) is 0 Å². The lowest BCUT2D eigenvalue weighted by atomic mass is 9.84. The van der Waals surface area contributed by atoms with Gasteiger partial charge in [-0.05, 0) is 54.5 Å². The van der Waals surface area contributed by atoms with E-state index in [9.17, 15) is 9.90 Å². The largest absolute Gasteiger partial charge is 0.478 e. The highest BCUT2D eigenvalue weighted by Crippen LogP contribution is 2.32. The second kappa shape index (κ2) is 6.75. The molecular formula is C19H28N2O2. The van der Waals surface area contributed by atoms with Gasteiger partial charge in [-0.25, -0.2) is 4.79 Å². The molecule has 0 amide bonds. The number of rotatable bonds is 6. The van der Waals surface area contributed by atoms with Crippen molar-refractivity contribution < 1.29 is 9.90 Å². The first kappa shape index (κ1) is 17.5. The molecule has 1 aromatic heterocycles. The molecule has 0 aliphatic rings. The number of fused-ring (bicyclic) bond motifs is 1. The van der Waals surface area contributed by atoms with Gasteiger partial charge in [0.15, 0.2) is 0 Å². The van der Waals surface area contributed by atoms with E-state index in [4.69, 9.17) is 5.73 Å². The third kappa shape index (κ3) is 3.58. The van der Waals surface area contributed by atoms with E-state index < -0.39 is 5.97 Å². The molecule has 1 aromatic carbocycles. The zero-order valence-corrected chi connectivity index (χ0v) is 14.6. The fraction of sp³-hybridized carbons (Fsp3) is 0.526. The Kier molecular flexibility index (Phi) is 5.15. The number of aromatic nitrogens is 1. The lowest BCUT2D eigenvalue weighted by Crippen LogP contribution is -2.13. The fourth-order valence-corrected chi connectivity index (χ4v) is 3.02. The SMILES string of the molecule is CCCn1cc(CCCN)c2cc(C(C)(C)C)cc(C(=O)O)c21. The maximum absolute atomic E-state index is 11.8. The number of aryl methyl sites for hydroxylation is 2. The number of carbonyl (C=O) groups is 1. The number of carboxylic acids is 1. The summed E-state index contributed by atoms with van der Waals surface area (Å²) in [4.78, 5) is 11.8. The molecule has 0 saturated carbocycles. The standard InChI is InChI=1S/C19H28N2O2/c1-5-9-21-12-13(7-6-8-20)15-10-14(19(2,3)4)11-16(17(15)21)18(22)23/h10-12H,5-9,20H2,1-4H3,(H,22,23). The average Bonchev–Trinajstić information content (AvgIpc) is 2.81. The van der Waals surface area contributed by atoms with E-state index in [1.807, 2.05) is 6.07 Å². The second-order valence-corrected chi connectivity index (χ2v) is 7.22. The van der Waals surface area contributed by atoms with Crippen molar-refractivity contribution in [3.63, 3.8) is 0 Å². The van der Waals surface area contributed by atoms with E-state index in [0.717, 1.165) is 42.3 Å². The predicted octanol–water partition coefficient (Wildman–Crippen LogP) is 3.94. The summed E-state index contributed by atoms with van der Waals surface area (Å²) in [6, 6.07) is 4.00. The highest BCUT2D eigenvalue weighted by molar-refractivity contribution is 6.04. The minimum Gasteiger partial charge on any atom is -0.478 e. The van der Waals surface area contributed by atoms with Gasteiger partial charge in [0.2, 0.25) is 0 Å². The summed E-state index contributed by atoms with van der Waals surface area (Å²) >= 11 is 0. The van der Waals surface area contributed by atoms with Gasteiger partial charge in [0.05, 0.1) is 11.1 Å². The van der Waals surface area contributed by atoms with E-state index in [0.29, 0.717) is 12.1 Å². The van der Waals surface area contributed by atoms with Crippen LogP contribution in [0.25, 0.3) is 10.9 Å². The van der Waals surface area contributed by atoms with Crippen LogP contribution in [-0.4, -0.2) is 22.2 Å². The number of nitrogens with two attached hydrogens (primary N) is 1. The van der Waals surface area contributed by atoms with Crippen LogP contribution >= 0.6 is 0 Å². The van der Waals surface area contributed by atoms with Crippen molar-refractivity contribution >= 4 is 16.9 Å². The zero-order chi connectivity index (χ0) is 17.2. The first-order valence-corrected chi connectivity index (χ1v) is 8.39. The van der Waals surface area contributed by atoms with Crippen molar-refractivity contribution in [1.29, 1.82) is 0 Å². The number of carboxylic acid groups (broad SMARTS) is 1. The zero-order valence-electron chi connectivity index (χ0n) is 14.6. The van der Waals surface area contributed by atoms with Crippen LogP contribution < -0.4 is 5.73 Å². The minimum absolute atomic E-state index is 0.0869. The van der Waals surface area contributed by atoms with Crippen molar-refractivity contribution in [3.05, 3.63) is 35.0 Å². The van der Waals surface area contributed by atoms with Crippen molar-refractivity contribution in [3.8, 4) is 0 Å². The minimum atomic E-state index is -0.859. The number of aromatic carboxylic acids is 1. The van der Waals surface area contributed by atoms with Gasteiger partial charge in [0, 0.05) is 18.1 Å². The Morgan fingerprint density at radius 1 is 1.30 bits per heavy atom. The fourth-order valence-electron chi connectivity index (χ4n) is 3.02. The molecule has 0 radical (unpaired) electrons. The summed E-state index contributed by atoms with van der Waals surface area (Å²) in [6.07, 6.45) is 4.88. The van der Waals surface area contributed by atoms with Gasteiger partial charge in [0.25, 0.3) is 0 Å². The molecule has 2 rings (SSSR count). The normalized spacial score (nSPS) is 12.0. The highest BCUT2D eigenvalue weighted by atomic mass is 16.4. The molecule has 0 unspecified atom stereocenters. The lowest BCUT2D eigenvalue weighted by Gasteiger charge is -2.20. The highest BCUT2D eigenvalue weighted by Gasteiger charge is 2.22. The van der Waals surface area contributed by atoms with Gasteiger partial charge in [-0.3, -0.25) is 0 Å². The molecule has 4 heteroatoms. The van der Waals surface area contributed by atoms with Crippen LogP contribution in [0.4, 0.5) is 0 Å². The van der Waals surface area contributed by atoms with Crippen molar-refractivity contribution in [2.24, 2.45) is 5.73 Å². The summed E-state index contributed by atoms with van der Waals surface area (Å²) in [5.41, 5.74) is 9.09. The number of hydrogen-bond acceptors (Lipinski definition) is 2. The molecule has 0 spiro atoms. The Labute approximate surface area is 138 Å². The summed E-state index contributed by atoms with van der Waals surface area (Å²) in [7, 11) is 0. The first-order valence-electron chi connectivity index (χ1n) is 8.39. The second-order valence-electron chi connectivity index (χ2n) is 7.22. The van der Waals surface area contributed by atoms with Crippen LogP contribution in [0, 0.1) is 0 Å². The Balaban J connectivity index is 2.77. The summed E-state index contributed by atoms with van der Waals surface area (Å²) in [6.45, 7) is 9.92. The quantitative estimate of drug-likeness (QED) is 0.848. The average molecular weight is 316 g/mol. The smallest absolute Gasteiger partial charge is 0.337 e. The Morgan fingerprint density at radius 2 is 2.00 bits per heavy atom. The summed E-state index contributed by atoms with van der Waals surface area (Å²) in [5, 5.41) is 10.8. The third-order valence-electron chi connectivity index (χ3n) is 4.27. The van der Waals surface area contributed by atoms with Crippen molar-refractivity contribution in [2.75, 3.05) is 6.54 Å². The van der Waals surface area contributed by atoms with Gasteiger partial charge >= 0.3 is 5.97 Å². The Hall–Kier alpha value is -1.81. The number of benzene rings is 1. The molecule has 1 heterocycles. The van der Waals surface area contributed by atoms with Crippen LogP contribution in [0.1, 0.15) is 62.0 Å². The van der Waals surface area contributed by atoms with Crippen LogP contribution in [-0.2, 0) is 18.4 Å². The Bertz CT molecular complexity index is 708. The van der Waals surface area contributed by atoms with Gasteiger partial charge in [-0.1, -0.05) is 27.7 Å². The van der Waals surface area contributed by atoms with Crippen LogP contribution in [0.15, 0.2) is 18.3 Å². The van der Waals surface area contributed by atoms with E-state index in [2.05, 4.69) is 44.5 Å². The summed E-state index contributed by atoms with van der Waals surface area (Å²) in [5.74, 6) is -0.859. The van der Waals surface area contributed by atoms with E-state index in [1.54, 1.807) is 0 Å². The molecule has 0 fully saturated rings. The molecular weight excluding hydrogens is 288 g/mol. The maximum atomic E-state index is 11.8. The van der Waals surface area contributed by atoms with E-state index >= 15 is 0 Å². The molecule has 23 heavy (non-hydrogen) atoms. The Morgan fingerprint density at radius 3 is 2.52 bits per heavy atom. The molecule has 4 nitrogen and oxygen atoms in total. The molecule has 0 saturated heterocycles. The molecule has 0 atom stereocenters. The third-order valence-corrected chi connectivity index (χ3v) is 4.27. The maximum Gasteiger partial charge on any atom is 0.337 e. The van der Waals surface area contributed by atoms with Crippen molar-refractivity contribution in [1.82, 2.24) is 4.57 Å². The lowest BCUT2D eigenvalue weighted by molar-refractivity contribution is 0.0698. The predicted molar refractivity (Wildman–Crippen MR) is 95.3 cm³/mol. The topological polar surface area (TPSA) is 68.2 Å². The van der Waals surface area contributed by atoms with Crippen LogP contribution in [0.3, 0.4) is 0 Å². The molecule has 0 aliphatic carbocycles. The van der Waals surface area contributed by atoms with Gasteiger partial charge in [-0.15, -0.1) is 0 Å². The molecule has 0 aliphatic heterocycles. The van der Waals surface area contributed by atoms with Gasteiger partial charge < -0.3 is 15.4 Å². The van der Waals surface area contributed by atoms with Crippen LogP contribution in [0.5, 0.6) is 0 Å². The van der Waals surface area contributed by atoms with E-state index in [-0.39, 0.29) is 5.41 Å². The molecule has 3 N–H and O–H groups in total. The number of nitrogens with zero attached hydrogens (tertiary/aromatic N) is 1. The molecule has 2 aromatic rings. The van der Waals surface area contributed by atoms with Crippen molar-refractivity contribution in [2.45, 2.75) is 58.9 Å². The molecule has 0 bridgehead atoms. The number of hydrogen-bond donors (Lipinski definition) is 2. The van der Waals surface area contributed by atoms with Gasteiger partial charge in [0.1, 0.15) is 0 Å². The summed E-state index contributed by atoms with van der Waals surface area (Å²) < 4.78 is 2.09. The molecule has 126 valence electrons. The monoisotopic (exact) mass is 316 g/mol.